The van der Waals surface area contributed by atoms with Crippen LogP contribution in [0.1, 0.15) is 38.8 Å². The van der Waals surface area contributed by atoms with Gasteiger partial charge in [-0.2, -0.15) is 0 Å². The van der Waals surface area contributed by atoms with Crippen molar-refractivity contribution in [2.24, 2.45) is 5.92 Å². The molecule has 1 aromatic heterocycles. The Kier molecular flexibility index (Phi) is 3.13. The first kappa shape index (κ1) is 11.4. The summed E-state index contributed by atoms with van der Waals surface area (Å²) in [5.74, 6) is 0.673. The van der Waals surface area contributed by atoms with Crippen LogP contribution in [0.2, 0.25) is 0 Å². The molecule has 0 aromatic carbocycles. The van der Waals surface area contributed by atoms with E-state index in [9.17, 15) is 4.39 Å². The molecule has 1 aliphatic heterocycles. The Bertz CT molecular complexity index is 376. The molecular formula is C13H19FN2. The maximum Gasteiger partial charge on any atom is 0.147 e. The summed E-state index contributed by atoms with van der Waals surface area (Å²) < 4.78 is 13.8. The van der Waals surface area contributed by atoms with Gasteiger partial charge in [-0.3, -0.25) is 4.98 Å². The summed E-state index contributed by atoms with van der Waals surface area (Å²) in [4.78, 5) is 6.44. The Labute approximate surface area is 96.5 Å². The van der Waals surface area contributed by atoms with Crippen LogP contribution in [0.15, 0.2) is 12.3 Å². The number of rotatable bonds is 2. The summed E-state index contributed by atoms with van der Waals surface area (Å²) in [5.41, 5.74) is 1.49. The van der Waals surface area contributed by atoms with E-state index in [1.54, 1.807) is 12.3 Å². The average Bonchev–Trinajstić information content (AvgIpc) is 2.64. The average molecular weight is 222 g/mol. The van der Waals surface area contributed by atoms with Crippen LogP contribution in [0.5, 0.6) is 0 Å². The summed E-state index contributed by atoms with van der Waals surface area (Å²) in [6, 6.07) is 1.63. The molecule has 2 heterocycles. The lowest BCUT2D eigenvalue weighted by molar-refractivity contribution is 0.584. The monoisotopic (exact) mass is 222 g/mol. The van der Waals surface area contributed by atoms with Crippen LogP contribution >= 0.6 is 0 Å². The fourth-order valence-electron chi connectivity index (χ4n) is 2.21. The minimum Gasteiger partial charge on any atom is -0.370 e. The zero-order chi connectivity index (χ0) is 11.7. The summed E-state index contributed by atoms with van der Waals surface area (Å²) in [6.45, 7) is 8.18. The molecule has 88 valence electrons. The van der Waals surface area contributed by atoms with E-state index in [0.29, 0.717) is 11.6 Å². The lowest BCUT2D eigenvalue weighted by Crippen LogP contribution is -2.19. The highest BCUT2D eigenvalue weighted by Gasteiger charge is 2.20. The Morgan fingerprint density at radius 1 is 1.50 bits per heavy atom. The van der Waals surface area contributed by atoms with Crippen molar-refractivity contribution in [2.45, 2.75) is 33.1 Å². The first-order valence-corrected chi connectivity index (χ1v) is 5.98. The Morgan fingerprint density at radius 3 is 2.75 bits per heavy atom. The van der Waals surface area contributed by atoms with E-state index in [-0.39, 0.29) is 11.7 Å². The number of hydrogen-bond donors (Lipinski definition) is 0. The normalized spacial score (nSPS) is 20.8. The van der Waals surface area contributed by atoms with Crippen molar-refractivity contribution in [1.29, 1.82) is 0 Å². The summed E-state index contributed by atoms with van der Waals surface area (Å²) in [7, 11) is 0. The summed E-state index contributed by atoms with van der Waals surface area (Å²) in [6.07, 6.45) is 2.99. The van der Waals surface area contributed by atoms with E-state index in [4.69, 9.17) is 0 Å². The zero-order valence-electron chi connectivity index (χ0n) is 10.2. The fourth-order valence-corrected chi connectivity index (χ4v) is 2.21. The highest BCUT2D eigenvalue weighted by molar-refractivity contribution is 5.46. The van der Waals surface area contributed by atoms with E-state index in [2.05, 4.69) is 16.8 Å². The lowest BCUT2D eigenvalue weighted by Gasteiger charge is -2.18. The van der Waals surface area contributed by atoms with Crippen molar-refractivity contribution < 1.29 is 4.39 Å². The number of hydrogen-bond acceptors (Lipinski definition) is 2. The molecule has 0 aliphatic carbocycles. The second-order valence-electron chi connectivity index (χ2n) is 5.06. The van der Waals surface area contributed by atoms with Crippen LogP contribution < -0.4 is 4.90 Å². The van der Waals surface area contributed by atoms with Crippen LogP contribution in [0.25, 0.3) is 0 Å². The fraction of sp³-hybridized carbons (Fsp3) is 0.615. The van der Waals surface area contributed by atoms with Gasteiger partial charge in [0.2, 0.25) is 0 Å². The predicted octanol–water partition coefficient (Wildman–Crippen LogP) is 3.19. The number of anilines is 1. The predicted molar refractivity (Wildman–Crippen MR) is 64.3 cm³/mol. The number of nitrogens with zero attached hydrogens (tertiary/aromatic N) is 2. The quantitative estimate of drug-likeness (QED) is 0.764. The molecule has 0 amide bonds. The van der Waals surface area contributed by atoms with Gasteiger partial charge in [-0.05, 0) is 18.3 Å². The van der Waals surface area contributed by atoms with E-state index in [0.717, 1.165) is 18.8 Å². The Morgan fingerprint density at radius 2 is 2.25 bits per heavy atom. The van der Waals surface area contributed by atoms with Crippen molar-refractivity contribution >= 4 is 5.69 Å². The van der Waals surface area contributed by atoms with Gasteiger partial charge < -0.3 is 4.90 Å². The smallest absolute Gasteiger partial charge is 0.147 e. The third kappa shape index (κ3) is 2.18. The molecule has 3 heteroatoms. The second kappa shape index (κ2) is 4.40. The summed E-state index contributed by atoms with van der Waals surface area (Å²) >= 11 is 0. The molecule has 1 fully saturated rings. The number of aromatic nitrogens is 1. The van der Waals surface area contributed by atoms with E-state index in [1.807, 2.05) is 13.8 Å². The molecule has 2 nitrogen and oxygen atoms in total. The van der Waals surface area contributed by atoms with Gasteiger partial charge in [-0.1, -0.05) is 20.8 Å². The Hall–Kier alpha value is -1.12. The highest BCUT2D eigenvalue weighted by Crippen LogP contribution is 2.25. The van der Waals surface area contributed by atoms with Crippen LogP contribution in [0.4, 0.5) is 10.1 Å². The van der Waals surface area contributed by atoms with E-state index in [1.165, 1.54) is 6.42 Å². The molecular weight excluding hydrogens is 203 g/mol. The van der Waals surface area contributed by atoms with Crippen molar-refractivity contribution in [1.82, 2.24) is 4.98 Å². The van der Waals surface area contributed by atoms with Gasteiger partial charge in [-0.15, -0.1) is 0 Å². The summed E-state index contributed by atoms with van der Waals surface area (Å²) in [5, 5.41) is 0. The minimum absolute atomic E-state index is 0.145. The molecule has 1 aliphatic rings. The zero-order valence-corrected chi connectivity index (χ0v) is 10.2. The van der Waals surface area contributed by atoms with Crippen molar-refractivity contribution in [3.63, 3.8) is 0 Å². The molecule has 0 unspecified atom stereocenters. The van der Waals surface area contributed by atoms with Gasteiger partial charge in [0, 0.05) is 19.2 Å². The van der Waals surface area contributed by atoms with Gasteiger partial charge in [0.05, 0.1) is 17.6 Å². The van der Waals surface area contributed by atoms with Crippen molar-refractivity contribution in [3.05, 3.63) is 23.8 Å². The number of pyridine rings is 1. The Balaban J connectivity index is 2.21. The molecule has 0 N–H and O–H groups in total. The van der Waals surface area contributed by atoms with E-state index < -0.39 is 0 Å². The van der Waals surface area contributed by atoms with Crippen LogP contribution in [0.3, 0.4) is 0 Å². The SMILES string of the molecule is CC(C)c1ncc(N2CC[C@H](C)C2)cc1F. The van der Waals surface area contributed by atoms with Gasteiger partial charge >= 0.3 is 0 Å². The molecule has 0 saturated carbocycles. The van der Waals surface area contributed by atoms with Gasteiger partial charge in [-0.25, -0.2) is 4.39 Å². The van der Waals surface area contributed by atoms with Crippen LogP contribution in [-0.4, -0.2) is 18.1 Å². The van der Waals surface area contributed by atoms with Gasteiger partial charge in [0.1, 0.15) is 5.82 Å². The third-order valence-electron chi connectivity index (χ3n) is 3.19. The molecule has 1 saturated heterocycles. The number of halogens is 1. The third-order valence-corrected chi connectivity index (χ3v) is 3.19. The standard InChI is InChI=1S/C13H19FN2/c1-9(2)13-12(14)6-11(7-15-13)16-5-4-10(3)8-16/h6-7,9-10H,4-5,8H2,1-3H3/t10-/m0/s1. The van der Waals surface area contributed by atoms with Crippen LogP contribution in [0, 0.1) is 11.7 Å². The largest absolute Gasteiger partial charge is 0.370 e. The first-order valence-electron chi connectivity index (χ1n) is 5.98. The maximum atomic E-state index is 13.8. The first-order chi connectivity index (χ1) is 7.58. The van der Waals surface area contributed by atoms with Gasteiger partial charge in [0.25, 0.3) is 0 Å². The molecule has 1 atom stereocenters. The molecule has 16 heavy (non-hydrogen) atoms. The highest BCUT2D eigenvalue weighted by atomic mass is 19.1. The molecule has 0 spiro atoms. The second-order valence-corrected chi connectivity index (χ2v) is 5.06. The topological polar surface area (TPSA) is 16.1 Å². The lowest BCUT2D eigenvalue weighted by atomic mass is 10.1. The van der Waals surface area contributed by atoms with Crippen molar-refractivity contribution in [3.8, 4) is 0 Å². The molecule has 0 radical (unpaired) electrons. The maximum absolute atomic E-state index is 13.8. The molecule has 2 rings (SSSR count). The van der Waals surface area contributed by atoms with Crippen molar-refractivity contribution in [2.75, 3.05) is 18.0 Å². The minimum atomic E-state index is -0.174. The van der Waals surface area contributed by atoms with Gasteiger partial charge in [0.15, 0.2) is 0 Å². The molecule has 0 bridgehead atoms. The van der Waals surface area contributed by atoms with E-state index >= 15 is 0 Å². The van der Waals surface area contributed by atoms with Crippen LogP contribution in [-0.2, 0) is 0 Å². The molecule has 1 aromatic rings.